The maximum Gasteiger partial charge on any atom is 0.275 e. The Kier molecular flexibility index (Phi) is 16.3. The molecule has 17 heteroatoms. The van der Waals surface area contributed by atoms with Crippen LogP contribution in [0.1, 0.15) is 45.4 Å². The largest absolute Gasteiger partial charge is 0.378 e. The summed E-state index contributed by atoms with van der Waals surface area (Å²) in [5, 5.41) is -0.614. The maximum atomic E-state index is 14.9. The molecule has 0 aromatic rings. The number of nitrogens with zero attached hydrogens (tertiary/aromatic N) is 2. The highest BCUT2D eigenvalue weighted by atomic mass is 32.2. The van der Waals surface area contributed by atoms with Gasteiger partial charge in [0.15, 0.2) is 11.9 Å². The van der Waals surface area contributed by atoms with Crippen molar-refractivity contribution in [3.63, 3.8) is 0 Å². The fourth-order valence-electron chi connectivity index (χ4n) is 4.96. The summed E-state index contributed by atoms with van der Waals surface area (Å²) in [6.45, 7) is 3.97. The van der Waals surface area contributed by atoms with E-state index in [1.54, 1.807) is 0 Å². The number of allylic oxidation sites excluding steroid dienone is 1. The molecule has 0 heterocycles. The van der Waals surface area contributed by atoms with Gasteiger partial charge in [-0.2, -0.15) is 4.99 Å². The van der Waals surface area contributed by atoms with Crippen molar-refractivity contribution in [3.8, 4) is 0 Å². The third-order valence-electron chi connectivity index (χ3n) is 7.06. The highest BCUT2D eigenvalue weighted by Crippen LogP contribution is 2.35. The van der Waals surface area contributed by atoms with Gasteiger partial charge in [-0.25, -0.2) is 21.9 Å². The summed E-state index contributed by atoms with van der Waals surface area (Å²) in [5.74, 6) is -1.53. The van der Waals surface area contributed by atoms with Gasteiger partial charge in [-0.1, -0.05) is 6.08 Å². The molecule has 0 aromatic heterocycles. The molecule has 1 amide bonds. The predicted molar refractivity (Wildman–Crippen MR) is 158 cm³/mol. The van der Waals surface area contributed by atoms with Gasteiger partial charge >= 0.3 is 0 Å². The molecule has 2 fully saturated rings. The first-order chi connectivity index (χ1) is 20.4. The molecule has 0 radical (unpaired) electrons. The van der Waals surface area contributed by atoms with Crippen LogP contribution in [0, 0.1) is 5.92 Å². The molecule has 2 atom stereocenters. The van der Waals surface area contributed by atoms with Crippen LogP contribution in [-0.4, -0.2) is 109 Å². The van der Waals surface area contributed by atoms with E-state index in [1.165, 1.54) is 13.0 Å². The number of guanidine groups is 2. The Hall–Kier alpha value is -2.44. The highest BCUT2D eigenvalue weighted by molar-refractivity contribution is 7.90. The van der Waals surface area contributed by atoms with E-state index >= 15 is 0 Å². The Morgan fingerprint density at radius 2 is 1.44 bits per heavy atom. The number of rotatable bonds is 18. The molecule has 2 saturated carbocycles. The number of carbonyl (C=O) groups excluding carboxylic acids is 1. The summed E-state index contributed by atoms with van der Waals surface area (Å²) in [6, 6.07) is 0. The fourth-order valence-corrected chi connectivity index (χ4v) is 6.46. The van der Waals surface area contributed by atoms with Crippen LogP contribution in [0.2, 0.25) is 0 Å². The lowest BCUT2D eigenvalue weighted by Crippen LogP contribution is -2.45. The number of hydrogen-bond acceptors (Lipinski definition) is 8. The predicted octanol–water partition coefficient (Wildman–Crippen LogP) is -0.242. The molecule has 0 aromatic carbocycles. The lowest BCUT2D eigenvalue weighted by Gasteiger charge is -2.37. The summed E-state index contributed by atoms with van der Waals surface area (Å²) < 4.78 is 79.6. The van der Waals surface area contributed by atoms with Crippen LogP contribution in [0.4, 0.5) is 8.78 Å². The minimum absolute atomic E-state index is 0.00437. The Morgan fingerprint density at radius 3 is 2.00 bits per heavy atom. The Balaban J connectivity index is 1.61. The quantitative estimate of drug-likeness (QED) is 0.0569. The molecule has 14 nitrogen and oxygen atoms in total. The lowest BCUT2D eigenvalue weighted by atomic mass is 9.83. The number of nitrogens with one attached hydrogen (secondary N) is 1. The lowest BCUT2D eigenvalue weighted by molar-refractivity contribution is -0.118. The SMILES string of the molecule is C/C(=C\C1CC(F)C(OC2CCC(S(=O)(=O)NCCOCCOCCOCCN=C(N)N)CC2)C(F)C1)C(=O)N=C(N)N. The van der Waals surface area contributed by atoms with Crippen molar-refractivity contribution in [2.45, 2.75) is 75.2 Å². The summed E-state index contributed by atoms with van der Waals surface area (Å²) in [6.07, 6.45) is -1.93. The van der Waals surface area contributed by atoms with Crippen LogP contribution in [0.3, 0.4) is 0 Å². The molecule has 0 bridgehead atoms. The summed E-state index contributed by atoms with van der Waals surface area (Å²) >= 11 is 0. The van der Waals surface area contributed by atoms with Gasteiger partial charge in [-0.05, 0) is 51.4 Å². The first-order valence-corrected chi connectivity index (χ1v) is 16.0. The molecular weight excluding hydrogens is 592 g/mol. The number of amides is 1. The Bertz CT molecular complexity index is 1040. The minimum Gasteiger partial charge on any atom is -0.378 e. The average Bonchev–Trinajstić information content (AvgIpc) is 2.93. The van der Waals surface area contributed by atoms with Crippen LogP contribution >= 0.6 is 0 Å². The second kappa shape index (κ2) is 19.1. The average molecular weight is 640 g/mol. The van der Waals surface area contributed by atoms with Crippen LogP contribution in [0.25, 0.3) is 0 Å². The first-order valence-electron chi connectivity index (χ1n) is 14.4. The third kappa shape index (κ3) is 14.3. The summed E-state index contributed by atoms with van der Waals surface area (Å²) in [4.78, 5) is 19.1. The van der Waals surface area contributed by atoms with Crippen LogP contribution in [-0.2, 0) is 33.8 Å². The van der Waals surface area contributed by atoms with E-state index in [-0.39, 0.29) is 43.5 Å². The van der Waals surface area contributed by atoms with Crippen LogP contribution < -0.4 is 27.7 Å². The Labute approximate surface area is 252 Å². The second-order valence-electron chi connectivity index (χ2n) is 10.5. The number of carbonyl (C=O) groups is 1. The topological polar surface area (TPSA) is 229 Å². The van der Waals surface area contributed by atoms with Gasteiger partial charge in [-0.15, -0.1) is 0 Å². The van der Waals surface area contributed by atoms with E-state index in [2.05, 4.69) is 14.7 Å². The monoisotopic (exact) mass is 639 g/mol. The van der Waals surface area contributed by atoms with Gasteiger partial charge < -0.3 is 41.9 Å². The van der Waals surface area contributed by atoms with Crippen molar-refractivity contribution in [1.82, 2.24) is 4.72 Å². The number of hydrogen-bond donors (Lipinski definition) is 5. The molecule has 2 rings (SSSR count). The van der Waals surface area contributed by atoms with E-state index in [0.717, 1.165) is 0 Å². The zero-order valence-electron chi connectivity index (χ0n) is 24.7. The van der Waals surface area contributed by atoms with E-state index in [0.29, 0.717) is 65.3 Å². The van der Waals surface area contributed by atoms with Gasteiger partial charge in [0.25, 0.3) is 5.91 Å². The molecular formula is C26H47F2N7O7S. The normalized spacial score (nSPS) is 26.5. The number of sulfonamides is 1. The van der Waals surface area contributed by atoms with Crippen molar-refractivity contribution in [2.75, 3.05) is 52.7 Å². The zero-order valence-corrected chi connectivity index (χ0v) is 25.5. The van der Waals surface area contributed by atoms with Crippen molar-refractivity contribution < 1.29 is 40.9 Å². The zero-order chi connectivity index (χ0) is 31.8. The van der Waals surface area contributed by atoms with E-state index in [4.69, 9.17) is 41.9 Å². The number of ether oxygens (including phenoxy) is 4. The highest BCUT2D eigenvalue weighted by Gasteiger charge is 2.41. The van der Waals surface area contributed by atoms with Gasteiger partial charge in [0.2, 0.25) is 10.0 Å². The van der Waals surface area contributed by atoms with Gasteiger partial charge in [0, 0.05) is 12.1 Å². The number of aliphatic imine (C=N–C) groups is 2. The van der Waals surface area contributed by atoms with Crippen LogP contribution in [0.5, 0.6) is 0 Å². The van der Waals surface area contributed by atoms with Crippen LogP contribution in [0.15, 0.2) is 21.6 Å². The second-order valence-corrected chi connectivity index (χ2v) is 12.6. The number of alkyl halides is 2. The van der Waals surface area contributed by atoms with Crippen molar-refractivity contribution >= 4 is 27.8 Å². The molecule has 9 N–H and O–H groups in total. The molecule has 0 saturated heterocycles. The Morgan fingerprint density at radius 1 is 0.884 bits per heavy atom. The van der Waals surface area contributed by atoms with Gasteiger partial charge in [0.1, 0.15) is 18.4 Å². The van der Waals surface area contributed by atoms with Crippen molar-refractivity contribution in [3.05, 3.63) is 11.6 Å². The van der Waals surface area contributed by atoms with E-state index in [1.807, 2.05) is 0 Å². The third-order valence-corrected chi connectivity index (χ3v) is 9.01. The van der Waals surface area contributed by atoms with E-state index in [9.17, 15) is 22.0 Å². The van der Waals surface area contributed by atoms with Gasteiger partial charge in [-0.3, -0.25) is 9.79 Å². The molecule has 43 heavy (non-hydrogen) atoms. The first kappa shape index (κ1) is 36.8. The standard InChI is InChI=1S/C26H47F2N7O7S/c1-17(24(36)35-26(31)32)14-18-15-21(27)23(22(28)16-18)42-19-2-4-20(5-3-19)43(37,38)34-7-9-40-11-13-41-12-10-39-8-6-33-25(29)30/h14,18-23,34H,2-13,15-16H2,1H3,(H4,29,30,33)(H4,31,32,35,36)/b17-14+. The molecule has 248 valence electrons. The molecule has 2 aliphatic carbocycles. The van der Waals surface area contributed by atoms with Crippen molar-refractivity contribution in [2.24, 2.45) is 38.8 Å². The summed E-state index contributed by atoms with van der Waals surface area (Å²) in [5.41, 5.74) is 21.0. The van der Waals surface area contributed by atoms with Gasteiger partial charge in [0.05, 0.1) is 57.5 Å². The molecule has 0 spiro atoms. The smallest absolute Gasteiger partial charge is 0.275 e. The molecule has 0 aliphatic heterocycles. The van der Waals surface area contributed by atoms with Crippen molar-refractivity contribution in [1.29, 1.82) is 0 Å². The fraction of sp³-hybridized carbons (Fsp3) is 0.808. The maximum absolute atomic E-state index is 14.9. The molecule has 2 unspecified atom stereocenters. The summed E-state index contributed by atoms with van der Waals surface area (Å²) in [7, 11) is -3.58. The number of nitrogens with two attached hydrogens (primary N) is 4. The van der Waals surface area contributed by atoms with E-state index < -0.39 is 51.6 Å². The number of halogens is 2. The minimum atomic E-state index is -3.58. The molecule has 2 aliphatic rings.